The van der Waals surface area contributed by atoms with E-state index >= 15 is 0 Å². The van der Waals surface area contributed by atoms with E-state index in [4.69, 9.17) is 4.42 Å². The van der Waals surface area contributed by atoms with Gasteiger partial charge in [0.05, 0.1) is 19.0 Å². The number of carbonyl (C=O) groups excluding carboxylic acids is 2. The van der Waals surface area contributed by atoms with Crippen LogP contribution in [0.15, 0.2) is 53.4 Å². The lowest BCUT2D eigenvalue weighted by Crippen LogP contribution is -2.48. The van der Waals surface area contributed by atoms with Gasteiger partial charge in [-0.1, -0.05) is 0 Å². The summed E-state index contributed by atoms with van der Waals surface area (Å²) in [6.45, 7) is 1.88. The second-order valence-electron chi connectivity index (χ2n) is 6.23. The van der Waals surface area contributed by atoms with Crippen LogP contribution < -0.4 is 16.0 Å². The lowest BCUT2D eigenvalue weighted by molar-refractivity contribution is -0.122. The fourth-order valence-corrected chi connectivity index (χ4v) is 2.49. The zero-order valence-corrected chi connectivity index (χ0v) is 15.5. The number of aromatic nitrogens is 2. The molecule has 152 valence electrons. The van der Waals surface area contributed by atoms with Crippen molar-refractivity contribution < 1.29 is 22.8 Å². The Morgan fingerprint density at radius 1 is 1.21 bits per heavy atom. The molecule has 10 heteroatoms. The number of nitrogens with zero attached hydrogens (tertiary/aromatic N) is 2. The summed E-state index contributed by atoms with van der Waals surface area (Å²) in [5.74, 6) is -1.19. The van der Waals surface area contributed by atoms with Crippen LogP contribution in [-0.4, -0.2) is 27.8 Å². The van der Waals surface area contributed by atoms with Crippen molar-refractivity contribution in [3.63, 3.8) is 0 Å². The van der Waals surface area contributed by atoms with Gasteiger partial charge < -0.3 is 20.4 Å². The minimum absolute atomic E-state index is 0.0870. The number of nitrogens with one attached hydrogen (secondary N) is 3. The topological polar surface area (TPSA) is 101 Å². The highest BCUT2D eigenvalue weighted by molar-refractivity contribution is 5.86. The number of urea groups is 1. The summed E-state index contributed by atoms with van der Waals surface area (Å²) in [4.78, 5) is 24.0. The van der Waals surface area contributed by atoms with Crippen LogP contribution in [0.3, 0.4) is 0 Å². The van der Waals surface area contributed by atoms with Crippen LogP contribution in [-0.2, 0) is 17.9 Å². The van der Waals surface area contributed by atoms with E-state index in [1.807, 2.05) is 0 Å². The van der Waals surface area contributed by atoms with E-state index in [1.165, 1.54) is 29.4 Å². The van der Waals surface area contributed by atoms with Gasteiger partial charge in [0.25, 0.3) is 0 Å². The Hall–Kier alpha value is -3.69. The Balaban J connectivity index is 1.46. The summed E-state index contributed by atoms with van der Waals surface area (Å²) in [7, 11) is 0. The van der Waals surface area contributed by atoms with Crippen molar-refractivity contribution >= 4 is 11.9 Å². The SMILES string of the molecule is CC(NC(=O)NCc1cnn(-c2ccc(F)cc2F)c1)C(=O)NCc1ccco1. The number of hydrogen-bond donors (Lipinski definition) is 3. The Morgan fingerprint density at radius 2 is 2.03 bits per heavy atom. The van der Waals surface area contributed by atoms with Gasteiger partial charge in [-0.3, -0.25) is 4.79 Å². The average molecular weight is 403 g/mol. The maximum Gasteiger partial charge on any atom is 0.315 e. The van der Waals surface area contributed by atoms with Crippen LogP contribution in [0.4, 0.5) is 13.6 Å². The lowest BCUT2D eigenvalue weighted by atomic mass is 10.3. The van der Waals surface area contributed by atoms with E-state index in [-0.39, 0.29) is 24.7 Å². The zero-order valence-electron chi connectivity index (χ0n) is 15.5. The summed E-state index contributed by atoms with van der Waals surface area (Å²) in [6.07, 6.45) is 4.46. The molecule has 8 nitrogen and oxygen atoms in total. The predicted molar refractivity (Wildman–Crippen MR) is 98.9 cm³/mol. The van der Waals surface area contributed by atoms with Gasteiger partial charge in [-0.25, -0.2) is 18.3 Å². The van der Waals surface area contributed by atoms with Crippen molar-refractivity contribution in [2.75, 3.05) is 0 Å². The van der Waals surface area contributed by atoms with Gasteiger partial charge in [-0.05, 0) is 31.2 Å². The quantitative estimate of drug-likeness (QED) is 0.563. The highest BCUT2D eigenvalue weighted by Gasteiger charge is 2.16. The molecular weight excluding hydrogens is 384 g/mol. The number of benzene rings is 1. The van der Waals surface area contributed by atoms with Gasteiger partial charge in [0.2, 0.25) is 5.91 Å². The van der Waals surface area contributed by atoms with E-state index in [2.05, 4.69) is 21.0 Å². The van der Waals surface area contributed by atoms with Gasteiger partial charge in [-0.2, -0.15) is 5.10 Å². The summed E-state index contributed by atoms with van der Waals surface area (Å²) >= 11 is 0. The first kappa shape index (κ1) is 20.1. The van der Waals surface area contributed by atoms with E-state index in [9.17, 15) is 18.4 Å². The maximum absolute atomic E-state index is 13.8. The molecule has 0 saturated heterocycles. The van der Waals surface area contributed by atoms with E-state index < -0.39 is 23.7 Å². The van der Waals surface area contributed by atoms with Crippen molar-refractivity contribution in [1.29, 1.82) is 0 Å². The van der Waals surface area contributed by atoms with Crippen LogP contribution in [0, 0.1) is 11.6 Å². The third-order valence-electron chi connectivity index (χ3n) is 4.00. The molecule has 3 aromatic rings. The fourth-order valence-electron chi connectivity index (χ4n) is 2.49. The van der Waals surface area contributed by atoms with Gasteiger partial charge in [0.1, 0.15) is 23.3 Å². The monoisotopic (exact) mass is 403 g/mol. The highest BCUT2D eigenvalue weighted by atomic mass is 19.1. The van der Waals surface area contributed by atoms with Crippen LogP contribution >= 0.6 is 0 Å². The first-order valence-electron chi connectivity index (χ1n) is 8.76. The highest BCUT2D eigenvalue weighted by Crippen LogP contribution is 2.14. The number of halogens is 2. The smallest absolute Gasteiger partial charge is 0.315 e. The van der Waals surface area contributed by atoms with Crippen LogP contribution in [0.1, 0.15) is 18.2 Å². The third-order valence-corrected chi connectivity index (χ3v) is 4.00. The van der Waals surface area contributed by atoms with Crippen LogP contribution in [0.2, 0.25) is 0 Å². The zero-order chi connectivity index (χ0) is 20.8. The Kier molecular flexibility index (Phi) is 6.22. The standard InChI is InChI=1S/C19H19F2N5O3/c1-12(18(27)22-10-15-3-2-6-29-15)25-19(28)23-8-13-9-24-26(11-13)17-5-4-14(20)7-16(17)21/h2-7,9,11-12H,8,10H2,1H3,(H,22,27)(H2,23,25,28). The number of rotatable bonds is 7. The molecule has 3 amide bonds. The van der Waals surface area contributed by atoms with Crippen molar-refractivity contribution in [1.82, 2.24) is 25.7 Å². The molecule has 1 aromatic carbocycles. The van der Waals surface area contributed by atoms with Gasteiger partial charge in [-0.15, -0.1) is 0 Å². The molecule has 3 N–H and O–H groups in total. The normalized spacial score (nSPS) is 11.7. The number of carbonyl (C=O) groups is 2. The van der Waals surface area contributed by atoms with E-state index in [0.717, 1.165) is 12.1 Å². The Labute approximate surface area is 164 Å². The van der Waals surface area contributed by atoms with E-state index in [0.29, 0.717) is 11.3 Å². The molecule has 0 aliphatic heterocycles. The predicted octanol–water partition coefficient (Wildman–Crippen LogP) is 2.25. The molecule has 0 aliphatic rings. The first-order valence-corrected chi connectivity index (χ1v) is 8.76. The van der Waals surface area contributed by atoms with Gasteiger partial charge >= 0.3 is 6.03 Å². The molecule has 0 spiro atoms. The van der Waals surface area contributed by atoms with Crippen molar-refractivity contribution in [3.05, 3.63) is 71.9 Å². The number of amides is 3. The maximum atomic E-state index is 13.8. The molecular formula is C19H19F2N5O3. The molecule has 3 rings (SSSR count). The number of hydrogen-bond acceptors (Lipinski definition) is 4. The first-order chi connectivity index (χ1) is 13.9. The van der Waals surface area contributed by atoms with Crippen LogP contribution in [0.5, 0.6) is 0 Å². The summed E-state index contributed by atoms with van der Waals surface area (Å²) < 4.78 is 33.2. The second kappa shape index (κ2) is 9.00. The fraction of sp³-hybridized carbons (Fsp3) is 0.211. The summed E-state index contributed by atoms with van der Waals surface area (Å²) in [5.41, 5.74) is 0.683. The summed E-state index contributed by atoms with van der Waals surface area (Å²) in [5, 5.41) is 11.7. The molecule has 0 fully saturated rings. The Bertz CT molecular complexity index is 988. The minimum atomic E-state index is -0.763. The summed E-state index contributed by atoms with van der Waals surface area (Å²) in [6, 6.07) is 5.29. The lowest BCUT2D eigenvalue weighted by Gasteiger charge is -2.14. The molecule has 0 bridgehead atoms. The molecule has 0 radical (unpaired) electrons. The third kappa shape index (κ3) is 5.41. The van der Waals surface area contributed by atoms with Gasteiger partial charge in [0.15, 0.2) is 5.82 Å². The Morgan fingerprint density at radius 3 is 2.76 bits per heavy atom. The van der Waals surface area contributed by atoms with Gasteiger partial charge in [0, 0.05) is 24.4 Å². The van der Waals surface area contributed by atoms with Crippen molar-refractivity contribution in [2.45, 2.75) is 26.1 Å². The van der Waals surface area contributed by atoms with E-state index in [1.54, 1.807) is 19.1 Å². The molecule has 0 aliphatic carbocycles. The molecule has 0 saturated carbocycles. The average Bonchev–Trinajstić information content (AvgIpc) is 3.36. The largest absolute Gasteiger partial charge is 0.467 e. The molecule has 2 heterocycles. The van der Waals surface area contributed by atoms with Crippen molar-refractivity contribution in [2.24, 2.45) is 0 Å². The van der Waals surface area contributed by atoms with Crippen molar-refractivity contribution in [3.8, 4) is 5.69 Å². The molecule has 1 atom stereocenters. The molecule has 1 unspecified atom stereocenters. The number of furan rings is 1. The minimum Gasteiger partial charge on any atom is -0.467 e. The second-order valence-corrected chi connectivity index (χ2v) is 6.23. The molecule has 29 heavy (non-hydrogen) atoms. The van der Waals surface area contributed by atoms with Crippen LogP contribution in [0.25, 0.3) is 5.69 Å². The molecule has 2 aromatic heterocycles.